The molecule has 6 heteroatoms. The highest BCUT2D eigenvalue weighted by molar-refractivity contribution is 5.94. The molecule has 4 rings (SSSR count). The number of anilines is 1. The number of aromatic amines is 1. The van der Waals surface area contributed by atoms with Gasteiger partial charge in [0.1, 0.15) is 5.69 Å². The van der Waals surface area contributed by atoms with E-state index < -0.39 is 0 Å². The van der Waals surface area contributed by atoms with Gasteiger partial charge in [-0.3, -0.25) is 4.79 Å². The average Bonchev–Trinajstić information content (AvgIpc) is 3.23. The smallest absolute Gasteiger partial charge is 0.267 e. The van der Waals surface area contributed by atoms with Crippen LogP contribution in [0.4, 0.5) is 5.95 Å². The van der Waals surface area contributed by atoms with Crippen LogP contribution in [-0.4, -0.2) is 27.4 Å². The molecule has 0 fully saturated rings. The standard InChI is InChI=1S/C23H23N5O/c1-3-24-23-27-12-15(2)21(28-23)18-11-20(25-14-18)22(29)26-13-17-9-6-8-16-7-4-5-10-19(16)17/h4-12,14,25H,3,13H2,1-2H3,(H,26,29)(H,24,27,28). The van der Waals surface area contributed by atoms with E-state index in [0.29, 0.717) is 18.2 Å². The van der Waals surface area contributed by atoms with Crippen molar-refractivity contribution in [2.24, 2.45) is 0 Å². The van der Waals surface area contributed by atoms with Crippen molar-refractivity contribution in [3.8, 4) is 11.3 Å². The zero-order valence-electron chi connectivity index (χ0n) is 16.5. The van der Waals surface area contributed by atoms with Gasteiger partial charge in [-0.2, -0.15) is 0 Å². The Morgan fingerprint density at radius 2 is 1.97 bits per heavy atom. The molecule has 3 N–H and O–H groups in total. The minimum atomic E-state index is -0.150. The number of fused-ring (bicyclic) bond motifs is 1. The Hall–Kier alpha value is -3.67. The van der Waals surface area contributed by atoms with Gasteiger partial charge < -0.3 is 15.6 Å². The third kappa shape index (κ3) is 3.96. The van der Waals surface area contributed by atoms with Crippen molar-refractivity contribution in [2.45, 2.75) is 20.4 Å². The molecule has 2 aromatic carbocycles. The number of amides is 1. The molecule has 0 radical (unpaired) electrons. The lowest BCUT2D eigenvalue weighted by atomic mass is 10.0. The van der Waals surface area contributed by atoms with E-state index in [4.69, 9.17) is 0 Å². The minimum absolute atomic E-state index is 0.150. The lowest BCUT2D eigenvalue weighted by Gasteiger charge is -2.08. The lowest BCUT2D eigenvalue weighted by molar-refractivity contribution is 0.0946. The molecule has 6 nitrogen and oxygen atoms in total. The van der Waals surface area contributed by atoms with E-state index in [2.05, 4.69) is 43.8 Å². The predicted molar refractivity (Wildman–Crippen MR) is 116 cm³/mol. The van der Waals surface area contributed by atoms with Crippen LogP contribution in [0.15, 0.2) is 60.9 Å². The Bertz CT molecular complexity index is 1160. The van der Waals surface area contributed by atoms with E-state index in [1.54, 1.807) is 12.4 Å². The zero-order valence-corrected chi connectivity index (χ0v) is 16.5. The third-order valence-corrected chi connectivity index (χ3v) is 4.83. The molecule has 0 aliphatic carbocycles. The molecule has 0 spiro atoms. The van der Waals surface area contributed by atoms with Crippen molar-refractivity contribution >= 4 is 22.6 Å². The van der Waals surface area contributed by atoms with Gasteiger partial charge >= 0.3 is 0 Å². The molecule has 29 heavy (non-hydrogen) atoms. The number of hydrogen-bond acceptors (Lipinski definition) is 4. The number of rotatable bonds is 6. The fourth-order valence-corrected chi connectivity index (χ4v) is 3.36. The molecule has 0 aliphatic rings. The monoisotopic (exact) mass is 385 g/mol. The third-order valence-electron chi connectivity index (χ3n) is 4.83. The molecular weight excluding hydrogens is 362 g/mol. The fourth-order valence-electron chi connectivity index (χ4n) is 3.36. The highest BCUT2D eigenvalue weighted by atomic mass is 16.1. The number of aromatic nitrogens is 3. The van der Waals surface area contributed by atoms with Crippen LogP contribution >= 0.6 is 0 Å². The molecule has 1 amide bonds. The van der Waals surface area contributed by atoms with Gasteiger partial charge in [0.2, 0.25) is 5.95 Å². The first-order valence-electron chi connectivity index (χ1n) is 9.67. The first-order valence-corrected chi connectivity index (χ1v) is 9.67. The van der Waals surface area contributed by atoms with Crippen LogP contribution in [-0.2, 0) is 6.54 Å². The second-order valence-corrected chi connectivity index (χ2v) is 6.88. The summed E-state index contributed by atoms with van der Waals surface area (Å²) in [4.78, 5) is 24.6. The Morgan fingerprint density at radius 1 is 1.14 bits per heavy atom. The van der Waals surface area contributed by atoms with Gasteiger partial charge in [-0.25, -0.2) is 9.97 Å². The van der Waals surface area contributed by atoms with Crippen LogP contribution in [0, 0.1) is 6.92 Å². The Labute approximate surface area is 169 Å². The van der Waals surface area contributed by atoms with Crippen molar-refractivity contribution < 1.29 is 4.79 Å². The summed E-state index contributed by atoms with van der Waals surface area (Å²) in [6.45, 7) is 5.17. The van der Waals surface area contributed by atoms with Crippen LogP contribution in [0.5, 0.6) is 0 Å². The molecule has 0 aliphatic heterocycles. The molecule has 146 valence electrons. The molecule has 0 bridgehead atoms. The van der Waals surface area contributed by atoms with Crippen molar-refractivity contribution in [2.75, 3.05) is 11.9 Å². The molecular formula is C23H23N5O. The van der Waals surface area contributed by atoms with E-state index >= 15 is 0 Å². The molecule has 0 saturated carbocycles. The van der Waals surface area contributed by atoms with Gasteiger partial charge in [0.15, 0.2) is 0 Å². The van der Waals surface area contributed by atoms with Crippen LogP contribution in [0.3, 0.4) is 0 Å². The topological polar surface area (TPSA) is 82.7 Å². The Kier molecular flexibility index (Phi) is 5.24. The number of carbonyl (C=O) groups is 1. The quantitative estimate of drug-likeness (QED) is 0.462. The summed E-state index contributed by atoms with van der Waals surface area (Å²) in [5.41, 5.74) is 4.21. The highest BCUT2D eigenvalue weighted by Gasteiger charge is 2.13. The van der Waals surface area contributed by atoms with Crippen molar-refractivity contribution in [1.29, 1.82) is 0 Å². The molecule has 2 heterocycles. The largest absolute Gasteiger partial charge is 0.357 e. The van der Waals surface area contributed by atoms with Gasteiger partial charge in [0.05, 0.1) is 5.69 Å². The fraction of sp³-hybridized carbons (Fsp3) is 0.174. The number of H-pyrrole nitrogens is 1. The SMILES string of the molecule is CCNc1ncc(C)c(-c2c[nH]c(C(=O)NCc3cccc4ccccc34)c2)n1. The molecule has 0 atom stereocenters. The maximum atomic E-state index is 12.7. The van der Waals surface area contributed by atoms with E-state index in [1.165, 1.54) is 0 Å². The Morgan fingerprint density at radius 3 is 2.83 bits per heavy atom. The van der Waals surface area contributed by atoms with E-state index in [0.717, 1.165) is 39.7 Å². The summed E-state index contributed by atoms with van der Waals surface area (Å²) in [7, 11) is 0. The summed E-state index contributed by atoms with van der Waals surface area (Å²) < 4.78 is 0. The maximum Gasteiger partial charge on any atom is 0.267 e. The zero-order chi connectivity index (χ0) is 20.2. The summed E-state index contributed by atoms with van der Waals surface area (Å²) in [5, 5.41) is 8.43. The number of hydrogen-bond donors (Lipinski definition) is 3. The van der Waals surface area contributed by atoms with Crippen LogP contribution in [0.1, 0.15) is 28.5 Å². The van der Waals surface area contributed by atoms with E-state index in [1.807, 2.05) is 44.2 Å². The van der Waals surface area contributed by atoms with Gasteiger partial charge in [0, 0.05) is 31.0 Å². The number of nitrogens with one attached hydrogen (secondary N) is 3. The average molecular weight is 385 g/mol. The van der Waals surface area contributed by atoms with Crippen molar-refractivity contribution in [3.63, 3.8) is 0 Å². The first-order chi connectivity index (χ1) is 14.2. The van der Waals surface area contributed by atoms with Gasteiger partial charge in [-0.15, -0.1) is 0 Å². The number of benzene rings is 2. The second-order valence-electron chi connectivity index (χ2n) is 6.88. The molecule has 0 unspecified atom stereocenters. The lowest BCUT2D eigenvalue weighted by Crippen LogP contribution is -2.23. The number of aryl methyl sites for hydroxylation is 1. The highest BCUT2D eigenvalue weighted by Crippen LogP contribution is 2.23. The van der Waals surface area contributed by atoms with Crippen LogP contribution in [0.2, 0.25) is 0 Å². The molecule has 0 saturated heterocycles. The number of nitrogens with zero attached hydrogens (tertiary/aromatic N) is 2. The van der Waals surface area contributed by atoms with Gasteiger partial charge in [-0.05, 0) is 41.8 Å². The summed E-state index contributed by atoms with van der Waals surface area (Å²) in [6, 6.07) is 16.1. The predicted octanol–water partition coefficient (Wildman–Crippen LogP) is 4.30. The normalized spacial score (nSPS) is 10.8. The second kappa shape index (κ2) is 8.14. The number of carbonyl (C=O) groups excluding carboxylic acids is 1. The first kappa shape index (κ1) is 18.7. The maximum absolute atomic E-state index is 12.7. The summed E-state index contributed by atoms with van der Waals surface area (Å²) in [6.07, 6.45) is 3.59. The minimum Gasteiger partial charge on any atom is -0.357 e. The van der Waals surface area contributed by atoms with Gasteiger partial charge in [0.25, 0.3) is 5.91 Å². The summed E-state index contributed by atoms with van der Waals surface area (Å²) >= 11 is 0. The van der Waals surface area contributed by atoms with Crippen LogP contribution in [0.25, 0.3) is 22.0 Å². The molecule has 4 aromatic rings. The van der Waals surface area contributed by atoms with Crippen LogP contribution < -0.4 is 10.6 Å². The van der Waals surface area contributed by atoms with E-state index in [9.17, 15) is 4.79 Å². The van der Waals surface area contributed by atoms with Crippen molar-refractivity contribution in [1.82, 2.24) is 20.3 Å². The van der Waals surface area contributed by atoms with Gasteiger partial charge in [-0.1, -0.05) is 42.5 Å². The molecule has 2 aromatic heterocycles. The summed E-state index contributed by atoms with van der Waals surface area (Å²) in [5.74, 6) is 0.430. The van der Waals surface area contributed by atoms with Crippen molar-refractivity contribution in [3.05, 3.63) is 77.7 Å². The Balaban J connectivity index is 1.51. The van der Waals surface area contributed by atoms with E-state index in [-0.39, 0.29) is 5.91 Å².